The highest BCUT2D eigenvalue weighted by Gasteiger charge is 2.29. The second kappa shape index (κ2) is 2.75. The summed E-state index contributed by atoms with van der Waals surface area (Å²) in [5.41, 5.74) is 0.314. The number of quaternary nitrogens is 1. The highest BCUT2D eigenvalue weighted by molar-refractivity contribution is 4.69. The van der Waals surface area contributed by atoms with E-state index in [1.165, 1.54) is 0 Å². The fraction of sp³-hybridized carbons (Fsp3) is 0.778. The lowest BCUT2D eigenvalue weighted by atomic mass is 10.0. The molecule has 0 rings (SSSR count). The number of likely N-dealkylation sites (N-methyl/N-ethyl adjacent to an activating group) is 1. The summed E-state index contributed by atoms with van der Waals surface area (Å²) >= 11 is 0. The minimum Gasteiger partial charge on any atom is -0.321 e. The van der Waals surface area contributed by atoms with Crippen LogP contribution in [0.2, 0.25) is 0 Å². The second-order valence-corrected chi connectivity index (χ2v) is 4.33. The van der Waals surface area contributed by atoms with Gasteiger partial charge in [0.1, 0.15) is 0 Å². The van der Waals surface area contributed by atoms with Gasteiger partial charge in [-0.05, 0) is 26.8 Å². The van der Waals surface area contributed by atoms with Crippen LogP contribution in [0.25, 0.3) is 0 Å². The Hall–Kier alpha value is -0.300. The molecule has 0 aliphatic carbocycles. The average Bonchev–Trinajstić information content (AvgIpc) is 1.61. The van der Waals surface area contributed by atoms with Gasteiger partial charge in [0.2, 0.25) is 0 Å². The first kappa shape index (κ1) is 9.70. The minimum atomic E-state index is 0.314. The molecule has 0 aromatic heterocycles. The Morgan fingerprint density at radius 3 is 1.80 bits per heavy atom. The molecular weight excluding hydrogens is 122 g/mol. The smallest absolute Gasteiger partial charge is 0.0970 e. The summed E-state index contributed by atoms with van der Waals surface area (Å²) in [6, 6.07) is 0. The van der Waals surface area contributed by atoms with Gasteiger partial charge in [-0.3, -0.25) is 0 Å². The maximum atomic E-state index is 3.74. The van der Waals surface area contributed by atoms with Crippen molar-refractivity contribution < 1.29 is 4.48 Å². The van der Waals surface area contributed by atoms with Gasteiger partial charge in [-0.15, -0.1) is 0 Å². The maximum Gasteiger partial charge on any atom is 0.0970 e. The van der Waals surface area contributed by atoms with Gasteiger partial charge in [0.05, 0.1) is 26.2 Å². The predicted molar refractivity (Wildman–Crippen MR) is 46.9 cm³/mol. The minimum absolute atomic E-state index is 0.314. The van der Waals surface area contributed by atoms with Crippen molar-refractivity contribution in [1.29, 1.82) is 0 Å². The third-order valence-electron chi connectivity index (χ3n) is 2.40. The standard InChI is InChI=1S/C9H20N/c1-7-8-10(5,6)9(2,3)4/h7H,1,8H2,2-6H3/q+1. The third kappa shape index (κ3) is 2.14. The molecule has 10 heavy (non-hydrogen) atoms. The van der Waals surface area contributed by atoms with Crippen LogP contribution in [-0.2, 0) is 0 Å². The molecule has 0 aliphatic rings. The molecule has 0 amide bonds. The van der Waals surface area contributed by atoms with Crippen molar-refractivity contribution in [3.63, 3.8) is 0 Å². The molecule has 0 unspecified atom stereocenters. The van der Waals surface area contributed by atoms with Crippen LogP contribution in [0.4, 0.5) is 0 Å². The number of nitrogens with zero attached hydrogens (tertiary/aromatic N) is 1. The molecule has 0 N–H and O–H groups in total. The van der Waals surface area contributed by atoms with Crippen molar-refractivity contribution >= 4 is 0 Å². The van der Waals surface area contributed by atoms with Gasteiger partial charge in [0, 0.05) is 0 Å². The summed E-state index contributed by atoms with van der Waals surface area (Å²) in [4.78, 5) is 0. The van der Waals surface area contributed by atoms with E-state index < -0.39 is 0 Å². The molecule has 0 fully saturated rings. The van der Waals surface area contributed by atoms with Crippen LogP contribution in [0.5, 0.6) is 0 Å². The topological polar surface area (TPSA) is 0 Å². The van der Waals surface area contributed by atoms with E-state index in [2.05, 4.69) is 41.4 Å². The molecule has 0 aromatic carbocycles. The first-order valence-electron chi connectivity index (χ1n) is 3.75. The fourth-order valence-electron chi connectivity index (χ4n) is 0.597. The van der Waals surface area contributed by atoms with Gasteiger partial charge in [0.15, 0.2) is 0 Å². The summed E-state index contributed by atoms with van der Waals surface area (Å²) in [5.74, 6) is 0. The largest absolute Gasteiger partial charge is 0.321 e. The molecule has 0 spiro atoms. The Morgan fingerprint density at radius 2 is 1.70 bits per heavy atom. The zero-order chi connectivity index (χ0) is 8.41. The Balaban J connectivity index is 4.23. The Labute approximate surface area is 64.9 Å². The molecule has 0 atom stereocenters. The van der Waals surface area contributed by atoms with Crippen LogP contribution in [0, 0.1) is 0 Å². The lowest BCUT2D eigenvalue weighted by Crippen LogP contribution is -2.54. The normalized spacial score (nSPS) is 13.3. The van der Waals surface area contributed by atoms with Gasteiger partial charge < -0.3 is 4.48 Å². The molecule has 0 heterocycles. The summed E-state index contributed by atoms with van der Waals surface area (Å²) in [6.07, 6.45) is 1.98. The summed E-state index contributed by atoms with van der Waals surface area (Å²) in [7, 11) is 4.45. The summed E-state index contributed by atoms with van der Waals surface area (Å²) in [5, 5.41) is 0. The van der Waals surface area contributed by atoms with Crippen LogP contribution < -0.4 is 0 Å². The molecule has 0 radical (unpaired) electrons. The quantitative estimate of drug-likeness (QED) is 0.409. The summed E-state index contributed by atoms with van der Waals surface area (Å²) in [6.45, 7) is 11.5. The third-order valence-corrected chi connectivity index (χ3v) is 2.40. The first-order valence-corrected chi connectivity index (χ1v) is 3.75. The van der Waals surface area contributed by atoms with Gasteiger partial charge in [-0.25, -0.2) is 0 Å². The van der Waals surface area contributed by atoms with Crippen molar-refractivity contribution in [3.8, 4) is 0 Å². The average molecular weight is 142 g/mol. The molecule has 0 saturated carbocycles. The Morgan fingerprint density at radius 1 is 1.30 bits per heavy atom. The van der Waals surface area contributed by atoms with Crippen LogP contribution in [0.3, 0.4) is 0 Å². The zero-order valence-corrected chi connectivity index (χ0v) is 7.94. The van der Waals surface area contributed by atoms with E-state index in [-0.39, 0.29) is 0 Å². The van der Waals surface area contributed by atoms with Gasteiger partial charge >= 0.3 is 0 Å². The molecular formula is C9H20N+. The molecule has 60 valence electrons. The van der Waals surface area contributed by atoms with Crippen LogP contribution in [0.1, 0.15) is 20.8 Å². The molecule has 0 bridgehead atoms. The lowest BCUT2D eigenvalue weighted by molar-refractivity contribution is -0.930. The molecule has 0 saturated heterocycles. The fourth-order valence-corrected chi connectivity index (χ4v) is 0.597. The molecule has 1 nitrogen and oxygen atoms in total. The molecule has 0 aliphatic heterocycles. The Kier molecular flexibility index (Phi) is 2.67. The van der Waals surface area contributed by atoms with Gasteiger partial charge in [-0.2, -0.15) is 0 Å². The molecule has 0 aromatic rings. The SMILES string of the molecule is C=CC[N+](C)(C)C(C)(C)C. The Bertz CT molecular complexity index is 117. The van der Waals surface area contributed by atoms with E-state index in [4.69, 9.17) is 0 Å². The van der Waals surface area contributed by atoms with Crippen molar-refractivity contribution in [3.05, 3.63) is 12.7 Å². The first-order chi connectivity index (χ1) is 4.31. The van der Waals surface area contributed by atoms with Crippen LogP contribution >= 0.6 is 0 Å². The van der Waals surface area contributed by atoms with E-state index in [0.717, 1.165) is 11.0 Å². The highest BCUT2D eigenvalue weighted by Crippen LogP contribution is 2.18. The number of hydrogen-bond donors (Lipinski definition) is 0. The second-order valence-electron chi connectivity index (χ2n) is 4.33. The summed E-state index contributed by atoms with van der Waals surface area (Å²) < 4.78 is 0.997. The van der Waals surface area contributed by atoms with E-state index in [9.17, 15) is 0 Å². The van der Waals surface area contributed by atoms with E-state index in [0.29, 0.717) is 5.54 Å². The van der Waals surface area contributed by atoms with Crippen molar-refractivity contribution in [1.82, 2.24) is 0 Å². The van der Waals surface area contributed by atoms with Gasteiger partial charge in [-0.1, -0.05) is 6.58 Å². The number of hydrogen-bond acceptors (Lipinski definition) is 0. The predicted octanol–water partition coefficient (Wildman–Crippen LogP) is 2.05. The van der Waals surface area contributed by atoms with Crippen LogP contribution in [0.15, 0.2) is 12.7 Å². The molecule has 1 heteroatoms. The monoisotopic (exact) mass is 142 g/mol. The maximum absolute atomic E-state index is 3.74. The number of rotatable bonds is 2. The lowest BCUT2D eigenvalue weighted by Gasteiger charge is -2.41. The highest BCUT2D eigenvalue weighted by atomic mass is 15.3. The van der Waals surface area contributed by atoms with Gasteiger partial charge in [0.25, 0.3) is 0 Å². The van der Waals surface area contributed by atoms with Crippen molar-refractivity contribution in [2.24, 2.45) is 0 Å². The van der Waals surface area contributed by atoms with E-state index in [1.807, 2.05) is 6.08 Å². The van der Waals surface area contributed by atoms with E-state index in [1.54, 1.807) is 0 Å². The zero-order valence-electron chi connectivity index (χ0n) is 7.94. The van der Waals surface area contributed by atoms with Crippen LogP contribution in [-0.4, -0.2) is 30.7 Å². The van der Waals surface area contributed by atoms with E-state index >= 15 is 0 Å². The van der Waals surface area contributed by atoms with Crippen molar-refractivity contribution in [2.45, 2.75) is 26.3 Å². The van der Waals surface area contributed by atoms with Crippen molar-refractivity contribution in [2.75, 3.05) is 20.6 Å².